The molecule has 0 aliphatic carbocycles. The van der Waals surface area contributed by atoms with E-state index in [9.17, 15) is 8.78 Å². The molecule has 0 bridgehead atoms. The number of aromatic nitrogens is 4. The van der Waals surface area contributed by atoms with Crippen molar-refractivity contribution in [1.29, 1.82) is 0 Å². The summed E-state index contributed by atoms with van der Waals surface area (Å²) in [6.07, 6.45) is 4.66. The Kier molecular flexibility index (Phi) is 5.38. The van der Waals surface area contributed by atoms with Crippen molar-refractivity contribution in [1.82, 2.24) is 19.9 Å². The molecule has 0 amide bonds. The van der Waals surface area contributed by atoms with E-state index in [-0.39, 0.29) is 12.3 Å². The normalized spacial score (nSPS) is 10.8. The van der Waals surface area contributed by atoms with Crippen molar-refractivity contribution in [2.24, 2.45) is 0 Å². The maximum absolute atomic E-state index is 13.9. The van der Waals surface area contributed by atoms with E-state index < -0.39 is 11.8 Å². The lowest BCUT2D eigenvalue weighted by atomic mass is 10.1. The minimum absolute atomic E-state index is 0.000384. The maximum atomic E-state index is 13.9. The van der Waals surface area contributed by atoms with Crippen LogP contribution in [0.25, 0.3) is 22.6 Å². The fraction of sp³-hybridized carbons (Fsp3) is 0.136. The zero-order chi connectivity index (χ0) is 21.1. The van der Waals surface area contributed by atoms with Crippen LogP contribution >= 0.6 is 0 Å². The van der Waals surface area contributed by atoms with Gasteiger partial charge in [0.05, 0.1) is 19.0 Å². The Hall–Kier alpha value is -3.81. The lowest BCUT2D eigenvalue weighted by Gasteiger charge is -2.11. The SMILES string of the molecule is COc1cc(OCc2ncc(C)cc2F)ccc1-c1cnc(-c2ccc(F)nc2)[nH]1. The number of hydrogen-bond acceptors (Lipinski definition) is 5. The summed E-state index contributed by atoms with van der Waals surface area (Å²) in [5.74, 6) is 0.667. The van der Waals surface area contributed by atoms with Gasteiger partial charge in [0.25, 0.3) is 0 Å². The summed E-state index contributed by atoms with van der Waals surface area (Å²) >= 11 is 0. The number of halogens is 2. The second-order valence-electron chi connectivity index (χ2n) is 6.61. The molecule has 0 unspecified atom stereocenters. The molecule has 4 rings (SSSR count). The summed E-state index contributed by atoms with van der Waals surface area (Å²) in [5.41, 5.74) is 3.11. The molecule has 1 N–H and O–H groups in total. The first-order valence-corrected chi connectivity index (χ1v) is 9.12. The van der Waals surface area contributed by atoms with Crippen LogP contribution in [0.3, 0.4) is 0 Å². The van der Waals surface area contributed by atoms with Crippen LogP contribution < -0.4 is 9.47 Å². The first-order valence-electron chi connectivity index (χ1n) is 9.12. The highest BCUT2D eigenvalue weighted by atomic mass is 19.1. The molecule has 0 radical (unpaired) electrons. The molecule has 152 valence electrons. The molecular formula is C22H18F2N4O2. The van der Waals surface area contributed by atoms with Crippen molar-refractivity contribution >= 4 is 0 Å². The number of pyridine rings is 2. The average Bonchev–Trinajstić information content (AvgIpc) is 3.23. The smallest absolute Gasteiger partial charge is 0.212 e. The van der Waals surface area contributed by atoms with Gasteiger partial charge in [0.15, 0.2) is 0 Å². The van der Waals surface area contributed by atoms with Crippen LogP contribution in [-0.4, -0.2) is 27.0 Å². The van der Waals surface area contributed by atoms with E-state index in [2.05, 4.69) is 19.9 Å². The summed E-state index contributed by atoms with van der Waals surface area (Å²) in [6.45, 7) is 1.78. The molecular weight excluding hydrogens is 390 g/mol. The number of aryl methyl sites for hydroxylation is 1. The predicted octanol–water partition coefficient (Wildman–Crippen LogP) is 4.71. The van der Waals surface area contributed by atoms with Crippen molar-refractivity contribution in [2.75, 3.05) is 7.11 Å². The van der Waals surface area contributed by atoms with Gasteiger partial charge in [0.1, 0.15) is 35.4 Å². The number of aromatic amines is 1. The van der Waals surface area contributed by atoms with Gasteiger partial charge < -0.3 is 14.5 Å². The van der Waals surface area contributed by atoms with Crippen molar-refractivity contribution in [3.8, 4) is 34.1 Å². The molecule has 8 heteroatoms. The molecule has 0 aliphatic rings. The largest absolute Gasteiger partial charge is 0.496 e. The number of benzene rings is 1. The third-order valence-corrected chi connectivity index (χ3v) is 4.47. The van der Waals surface area contributed by atoms with Crippen LogP contribution in [0.1, 0.15) is 11.3 Å². The van der Waals surface area contributed by atoms with E-state index in [4.69, 9.17) is 9.47 Å². The van der Waals surface area contributed by atoms with E-state index >= 15 is 0 Å². The average molecular weight is 408 g/mol. The summed E-state index contributed by atoms with van der Waals surface area (Å²) in [7, 11) is 1.55. The van der Waals surface area contributed by atoms with Crippen molar-refractivity contribution in [3.63, 3.8) is 0 Å². The zero-order valence-corrected chi connectivity index (χ0v) is 16.3. The van der Waals surface area contributed by atoms with Crippen molar-refractivity contribution in [2.45, 2.75) is 13.5 Å². The number of H-pyrrole nitrogens is 1. The molecule has 3 aromatic heterocycles. The highest BCUT2D eigenvalue weighted by Gasteiger charge is 2.13. The number of nitrogens with zero attached hydrogens (tertiary/aromatic N) is 3. The quantitative estimate of drug-likeness (QED) is 0.468. The standard InChI is InChI=1S/C22H18F2N4O2/c1-13-7-17(23)19(25-9-13)12-30-15-4-5-16(20(8-15)29-2)18-11-27-22(28-18)14-3-6-21(24)26-10-14/h3-11H,12H2,1-2H3,(H,27,28). The Labute approximate surface area is 171 Å². The van der Waals surface area contributed by atoms with Gasteiger partial charge in [-0.1, -0.05) is 0 Å². The Bertz CT molecular complexity index is 1180. The fourth-order valence-corrected chi connectivity index (χ4v) is 2.92. The van der Waals surface area contributed by atoms with Crippen LogP contribution in [0.5, 0.6) is 11.5 Å². The van der Waals surface area contributed by atoms with Gasteiger partial charge in [-0.2, -0.15) is 4.39 Å². The van der Waals surface area contributed by atoms with Crippen molar-refractivity contribution < 1.29 is 18.3 Å². The lowest BCUT2D eigenvalue weighted by molar-refractivity contribution is 0.292. The monoisotopic (exact) mass is 408 g/mol. The van der Waals surface area contributed by atoms with E-state index in [1.54, 1.807) is 44.6 Å². The van der Waals surface area contributed by atoms with Gasteiger partial charge in [-0.05, 0) is 42.8 Å². The van der Waals surface area contributed by atoms with Gasteiger partial charge in [-0.15, -0.1) is 0 Å². The number of rotatable bonds is 6. The molecule has 6 nitrogen and oxygen atoms in total. The van der Waals surface area contributed by atoms with Crippen LogP contribution in [0, 0.1) is 18.7 Å². The number of imidazole rings is 1. The molecule has 4 aromatic rings. The summed E-state index contributed by atoms with van der Waals surface area (Å²) < 4.78 is 38.1. The minimum Gasteiger partial charge on any atom is -0.496 e. The summed E-state index contributed by atoms with van der Waals surface area (Å²) in [5, 5.41) is 0. The summed E-state index contributed by atoms with van der Waals surface area (Å²) in [6, 6.07) is 9.56. The second-order valence-corrected chi connectivity index (χ2v) is 6.61. The topological polar surface area (TPSA) is 72.9 Å². The number of ether oxygens (including phenoxy) is 2. The highest BCUT2D eigenvalue weighted by Crippen LogP contribution is 2.33. The molecule has 1 aromatic carbocycles. The highest BCUT2D eigenvalue weighted by molar-refractivity contribution is 5.70. The molecule has 0 atom stereocenters. The van der Waals surface area contributed by atoms with Crippen LogP contribution in [-0.2, 0) is 6.61 Å². The zero-order valence-electron chi connectivity index (χ0n) is 16.3. The first kappa shape index (κ1) is 19.5. The third kappa shape index (κ3) is 4.12. The first-order chi connectivity index (χ1) is 14.5. The van der Waals surface area contributed by atoms with Crippen LogP contribution in [0.2, 0.25) is 0 Å². The van der Waals surface area contributed by atoms with Gasteiger partial charge in [-0.3, -0.25) is 4.98 Å². The van der Waals surface area contributed by atoms with E-state index in [0.717, 1.165) is 11.1 Å². The van der Waals surface area contributed by atoms with Gasteiger partial charge >= 0.3 is 0 Å². The molecule has 0 fully saturated rings. The molecule has 0 aliphatic heterocycles. The van der Waals surface area contributed by atoms with E-state index in [1.165, 1.54) is 18.3 Å². The van der Waals surface area contributed by atoms with Crippen LogP contribution in [0.4, 0.5) is 8.78 Å². The van der Waals surface area contributed by atoms with Crippen LogP contribution in [0.15, 0.2) is 55.0 Å². The van der Waals surface area contributed by atoms with Crippen molar-refractivity contribution in [3.05, 3.63) is 78.0 Å². The number of methoxy groups -OCH3 is 1. The van der Waals surface area contributed by atoms with E-state index in [1.807, 2.05) is 6.07 Å². The second kappa shape index (κ2) is 8.28. The molecule has 3 heterocycles. The van der Waals surface area contributed by atoms with E-state index in [0.29, 0.717) is 28.6 Å². The molecule has 0 saturated carbocycles. The molecule has 0 spiro atoms. The molecule has 30 heavy (non-hydrogen) atoms. The Morgan fingerprint density at radius 2 is 1.83 bits per heavy atom. The predicted molar refractivity (Wildman–Crippen MR) is 107 cm³/mol. The fourth-order valence-electron chi connectivity index (χ4n) is 2.92. The molecule has 0 saturated heterocycles. The lowest BCUT2D eigenvalue weighted by Crippen LogP contribution is -2.02. The number of nitrogens with one attached hydrogen (secondary N) is 1. The van der Waals surface area contributed by atoms with Gasteiger partial charge in [0, 0.05) is 29.6 Å². The Morgan fingerprint density at radius 1 is 0.967 bits per heavy atom. The van der Waals surface area contributed by atoms with Gasteiger partial charge in [0.2, 0.25) is 5.95 Å². The Balaban J connectivity index is 1.54. The van der Waals surface area contributed by atoms with Gasteiger partial charge in [-0.25, -0.2) is 14.4 Å². The number of hydrogen-bond donors (Lipinski definition) is 1. The maximum Gasteiger partial charge on any atom is 0.212 e. The Morgan fingerprint density at radius 3 is 2.57 bits per heavy atom. The summed E-state index contributed by atoms with van der Waals surface area (Å²) in [4.78, 5) is 15.2. The minimum atomic E-state index is -0.552. The third-order valence-electron chi connectivity index (χ3n) is 4.47.